The molecule has 0 saturated heterocycles. The fraction of sp³-hybridized carbons (Fsp3) is 0.400. The first kappa shape index (κ1) is 17.6. The van der Waals surface area contributed by atoms with Crippen molar-refractivity contribution in [2.75, 3.05) is 13.2 Å². The zero-order chi connectivity index (χ0) is 16.5. The van der Waals surface area contributed by atoms with Crippen LogP contribution in [0.2, 0.25) is 0 Å². The van der Waals surface area contributed by atoms with Crippen LogP contribution in [0, 0.1) is 0 Å². The summed E-state index contributed by atoms with van der Waals surface area (Å²) < 4.78 is 5.28. The Kier molecular flexibility index (Phi) is 7.04. The number of carbonyl (C=O) groups is 3. The van der Waals surface area contributed by atoms with Crippen LogP contribution in [0.25, 0.3) is 0 Å². The normalized spacial score (nSPS) is 11.7. The zero-order valence-electron chi connectivity index (χ0n) is 12.4. The summed E-state index contributed by atoms with van der Waals surface area (Å²) in [5.41, 5.74) is 5.49. The molecule has 0 radical (unpaired) electrons. The minimum atomic E-state index is -1.37. The second kappa shape index (κ2) is 8.78. The third kappa shape index (κ3) is 5.92. The molecule has 0 aliphatic carbocycles. The highest BCUT2D eigenvalue weighted by molar-refractivity contribution is 5.96. The lowest BCUT2D eigenvalue weighted by atomic mass is 10.1. The summed E-state index contributed by atoms with van der Waals surface area (Å²) in [4.78, 5) is 33.6. The average Bonchev–Trinajstić information content (AvgIpc) is 2.46. The predicted octanol–water partition coefficient (Wildman–Crippen LogP) is -1.78. The van der Waals surface area contributed by atoms with E-state index in [0.717, 1.165) is 0 Å². The Hall–Kier alpha value is -2.41. The summed E-state index contributed by atoms with van der Waals surface area (Å²) >= 11 is 0. The number of hydrogen-bond donors (Lipinski definition) is 2. The van der Waals surface area contributed by atoms with Gasteiger partial charge in [-0.2, -0.15) is 0 Å². The molecule has 0 spiro atoms. The van der Waals surface area contributed by atoms with E-state index < -0.39 is 17.9 Å². The number of quaternary nitrogens is 1. The number of nitrogens with two attached hydrogens (primary N) is 2. The van der Waals surface area contributed by atoms with Gasteiger partial charge in [0.1, 0.15) is 11.8 Å². The van der Waals surface area contributed by atoms with Crippen molar-refractivity contribution >= 4 is 17.7 Å². The van der Waals surface area contributed by atoms with E-state index in [1.807, 2.05) is 6.92 Å². The molecule has 7 heteroatoms. The summed E-state index contributed by atoms with van der Waals surface area (Å²) in [7, 11) is 0. The molecule has 1 aromatic rings. The highest BCUT2D eigenvalue weighted by Gasteiger charge is 2.17. The van der Waals surface area contributed by atoms with Gasteiger partial charge >= 0.3 is 0 Å². The molecule has 0 bridgehead atoms. The fourth-order valence-electron chi connectivity index (χ4n) is 1.94. The largest absolute Gasteiger partial charge is 0.544 e. The smallest absolute Gasteiger partial charge is 0.223 e. The van der Waals surface area contributed by atoms with E-state index >= 15 is 0 Å². The molecular weight excluding hydrogens is 288 g/mol. The van der Waals surface area contributed by atoms with Crippen molar-refractivity contribution in [1.29, 1.82) is 0 Å². The van der Waals surface area contributed by atoms with Gasteiger partial charge in [-0.25, -0.2) is 0 Å². The molecule has 0 aliphatic rings. The van der Waals surface area contributed by atoms with E-state index in [1.54, 1.807) is 24.3 Å². The lowest BCUT2D eigenvalue weighted by molar-refractivity contribution is -0.681. The maximum absolute atomic E-state index is 12.0. The topological polar surface area (TPSA) is 126 Å². The maximum Gasteiger partial charge on any atom is 0.223 e. The number of primary amides is 1. The summed E-state index contributed by atoms with van der Waals surface area (Å²) in [6.07, 6.45) is -0.171. The molecule has 0 heterocycles. The van der Waals surface area contributed by atoms with Gasteiger partial charge in [0.25, 0.3) is 0 Å². The van der Waals surface area contributed by atoms with Gasteiger partial charge < -0.3 is 25.7 Å². The highest BCUT2D eigenvalue weighted by Crippen LogP contribution is 2.13. The van der Waals surface area contributed by atoms with Gasteiger partial charge in [-0.05, 0) is 31.2 Å². The van der Waals surface area contributed by atoms with Gasteiger partial charge in [-0.15, -0.1) is 0 Å². The number of carboxylic acid groups (broad SMARTS) is 1. The first-order valence-corrected chi connectivity index (χ1v) is 7.02. The molecule has 22 heavy (non-hydrogen) atoms. The minimum absolute atomic E-state index is 0.115. The molecule has 1 amide bonds. The monoisotopic (exact) mass is 308 g/mol. The third-order valence-electron chi connectivity index (χ3n) is 3.03. The summed E-state index contributed by atoms with van der Waals surface area (Å²) in [6, 6.07) is 5.67. The molecule has 7 nitrogen and oxygen atoms in total. The van der Waals surface area contributed by atoms with Crippen LogP contribution in [0.4, 0.5) is 0 Å². The van der Waals surface area contributed by atoms with E-state index in [9.17, 15) is 19.5 Å². The van der Waals surface area contributed by atoms with Gasteiger partial charge in [0.05, 0.1) is 32.0 Å². The highest BCUT2D eigenvalue weighted by atomic mass is 16.5. The van der Waals surface area contributed by atoms with Crippen LogP contribution in [0.1, 0.15) is 30.1 Å². The minimum Gasteiger partial charge on any atom is -0.544 e. The van der Waals surface area contributed by atoms with Crippen molar-refractivity contribution in [3.8, 4) is 5.75 Å². The third-order valence-corrected chi connectivity index (χ3v) is 3.03. The summed E-state index contributed by atoms with van der Waals surface area (Å²) in [5.74, 6) is -1.52. The van der Waals surface area contributed by atoms with Gasteiger partial charge in [0.15, 0.2) is 5.78 Å². The summed E-state index contributed by atoms with van der Waals surface area (Å²) in [5, 5.41) is 12.2. The Bertz CT molecular complexity index is 527. The van der Waals surface area contributed by atoms with Gasteiger partial charge in [0, 0.05) is 5.56 Å². The Morgan fingerprint density at radius 3 is 2.41 bits per heavy atom. The van der Waals surface area contributed by atoms with Crippen LogP contribution >= 0.6 is 0 Å². The Morgan fingerprint density at radius 1 is 1.27 bits per heavy atom. The van der Waals surface area contributed by atoms with Crippen LogP contribution in [-0.4, -0.2) is 36.9 Å². The molecular formula is C15H20N2O5. The second-order valence-corrected chi connectivity index (χ2v) is 4.75. The molecule has 1 aromatic carbocycles. The fourth-order valence-corrected chi connectivity index (χ4v) is 1.94. The van der Waals surface area contributed by atoms with Crippen LogP contribution in [0.5, 0.6) is 5.75 Å². The first-order valence-electron chi connectivity index (χ1n) is 7.02. The van der Waals surface area contributed by atoms with Gasteiger partial charge in [-0.1, -0.05) is 0 Å². The summed E-state index contributed by atoms with van der Waals surface area (Å²) in [6.45, 7) is 2.65. The number of Topliss-reactive ketones (excluding diaryl/α,β-unsaturated/α-hetero) is 1. The van der Waals surface area contributed by atoms with Crippen molar-refractivity contribution in [2.24, 2.45) is 5.73 Å². The number of amides is 1. The van der Waals surface area contributed by atoms with E-state index in [4.69, 9.17) is 10.5 Å². The number of ketones is 1. The van der Waals surface area contributed by atoms with Crippen LogP contribution in [-0.2, 0) is 9.59 Å². The van der Waals surface area contributed by atoms with Crippen molar-refractivity contribution < 1.29 is 29.5 Å². The van der Waals surface area contributed by atoms with Crippen LogP contribution < -0.4 is 20.9 Å². The van der Waals surface area contributed by atoms with E-state index in [-0.39, 0.29) is 25.2 Å². The maximum atomic E-state index is 12.0. The quantitative estimate of drug-likeness (QED) is 0.494. The van der Waals surface area contributed by atoms with Gasteiger partial charge in [-0.3, -0.25) is 9.59 Å². The van der Waals surface area contributed by atoms with Crippen LogP contribution in [0.3, 0.4) is 0 Å². The molecule has 0 aromatic heterocycles. The van der Waals surface area contributed by atoms with E-state index in [0.29, 0.717) is 17.9 Å². The lowest BCUT2D eigenvalue weighted by Gasteiger charge is -2.14. The van der Waals surface area contributed by atoms with Crippen molar-refractivity contribution in [2.45, 2.75) is 25.8 Å². The number of aliphatic carboxylic acids is 1. The molecule has 0 saturated carbocycles. The molecule has 0 unspecified atom stereocenters. The predicted molar refractivity (Wildman–Crippen MR) is 76.0 cm³/mol. The molecule has 1 atom stereocenters. The molecule has 1 rings (SSSR count). The zero-order valence-corrected chi connectivity index (χ0v) is 12.4. The van der Waals surface area contributed by atoms with Crippen molar-refractivity contribution in [3.05, 3.63) is 29.8 Å². The number of carboxylic acids is 1. The van der Waals surface area contributed by atoms with Crippen molar-refractivity contribution in [3.63, 3.8) is 0 Å². The SMILES string of the molecule is CCOc1ccc(C(=O)CC[NH2+][C@@H](CC(N)=O)C(=O)[O-])cc1. The number of carbonyl (C=O) groups excluding carboxylic acids is 3. The number of hydrogen-bond acceptors (Lipinski definition) is 5. The number of rotatable bonds is 10. The second-order valence-electron chi connectivity index (χ2n) is 4.75. The Labute approximate surface area is 128 Å². The van der Waals surface area contributed by atoms with E-state index in [1.165, 1.54) is 5.32 Å². The average molecular weight is 308 g/mol. The molecule has 0 aliphatic heterocycles. The Morgan fingerprint density at radius 2 is 1.91 bits per heavy atom. The van der Waals surface area contributed by atoms with E-state index in [2.05, 4.69) is 0 Å². The number of benzene rings is 1. The van der Waals surface area contributed by atoms with Crippen molar-refractivity contribution in [1.82, 2.24) is 0 Å². The first-order chi connectivity index (χ1) is 10.4. The lowest BCUT2D eigenvalue weighted by Crippen LogP contribution is -2.93. The van der Waals surface area contributed by atoms with Gasteiger partial charge in [0.2, 0.25) is 5.91 Å². The van der Waals surface area contributed by atoms with Crippen LogP contribution in [0.15, 0.2) is 24.3 Å². The number of ether oxygens (including phenoxy) is 1. The molecule has 0 fully saturated rings. The molecule has 4 N–H and O–H groups in total. The Balaban J connectivity index is 2.47. The molecule has 120 valence electrons. The standard InChI is InChI=1S/C15H20N2O5/c1-2-22-11-5-3-10(4-6-11)13(18)7-8-17-12(15(20)21)9-14(16)19/h3-6,12,17H,2,7-9H2,1H3,(H2,16,19)(H,20,21)/t12-/m0/s1.